The van der Waals surface area contributed by atoms with Gasteiger partial charge in [0.2, 0.25) is 5.88 Å². The van der Waals surface area contributed by atoms with Gasteiger partial charge in [-0.3, -0.25) is 4.72 Å². The first kappa shape index (κ1) is 17.9. The molecule has 1 N–H and O–H groups in total. The summed E-state index contributed by atoms with van der Waals surface area (Å²) in [4.78, 5) is 4.17. The molecule has 1 aromatic carbocycles. The van der Waals surface area contributed by atoms with Gasteiger partial charge in [-0.25, -0.2) is 4.98 Å². The van der Waals surface area contributed by atoms with E-state index < -0.39 is 0 Å². The highest BCUT2D eigenvalue weighted by Gasteiger charge is 2.08. The topological polar surface area (TPSA) is 43.4 Å². The summed E-state index contributed by atoms with van der Waals surface area (Å²) in [5.41, 5.74) is 0.873. The maximum atomic E-state index is 6.02. The summed E-state index contributed by atoms with van der Waals surface area (Å²) in [7, 11) is 0. The first-order valence-corrected chi connectivity index (χ1v) is 8.45. The number of pyridine rings is 1. The van der Waals surface area contributed by atoms with E-state index in [2.05, 4.69) is 16.3 Å². The lowest BCUT2D eigenvalue weighted by molar-refractivity contribution is 0.322. The van der Waals surface area contributed by atoms with Gasteiger partial charge >= 0.3 is 0 Å². The van der Waals surface area contributed by atoms with E-state index in [0.717, 1.165) is 5.56 Å². The molecule has 0 aliphatic heterocycles. The summed E-state index contributed by atoms with van der Waals surface area (Å²) >= 11 is 13.4. The van der Waals surface area contributed by atoms with E-state index in [1.807, 2.05) is 6.92 Å². The highest BCUT2D eigenvalue weighted by molar-refractivity contribution is 8.00. The molecule has 0 atom stereocenters. The van der Waals surface area contributed by atoms with E-state index in [1.54, 1.807) is 35.9 Å². The average Bonchev–Trinajstić information content (AvgIpc) is 2.53. The Balaban J connectivity index is 2.00. The Morgan fingerprint density at radius 2 is 2.09 bits per heavy atom. The zero-order valence-corrected chi connectivity index (χ0v) is 14.8. The maximum absolute atomic E-state index is 6.02. The van der Waals surface area contributed by atoms with E-state index in [4.69, 9.17) is 32.7 Å². The second kappa shape index (κ2) is 9.03. The Morgan fingerprint density at radius 3 is 2.87 bits per heavy atom. The average molecular weight is 371 g/mol. The fourth-order valence-corrected chi connectivity index (χ4v) is 2.41. The molecule has 0 saturated heterocycles. The van der Waals surface area contributed by atoms with Crippen molar-refractivity contribution in [1.82, 2.24) is 9.71 Å². The van der Waals surface area contributed by atoms with Crippen LogP contribution >= 0.6 is 35.1 Å². The molecule has 122 valence electrons. The molecule has 0 saturated carbocycles. The Hall–Kier alpha value is -1.40. The minimum absolute atomic E-state index is 0.428. The normalized spacial score (nSPS) is 10.4. The van der Waals surface area contributed by atoms with Gasteiger partial charge in [-0.15, -0.1) is 0 Å². The van der Waals surface area contributed by atoms with Crippen LogP contribution in [0.5, 0.6) is 17.4 Å². The molecule has 0 fully saturated rings. The fourth-order valence-electron chi connectivity index (χ4n) is 1.72. The number of hydrogen-bond donors (Lipinski definition) is 1. The van der Waals surface area contributed by atoms with Gasteiger partial charge in [0.25, 0.3) is 0 Å². The number of benzene rings is 1. The van der Waals surface area contributed by atoms with Crippen LogP contribution in [0.1, 0.15) is 5.56 Å². The molecule has 0 amide bonds. The standard InChI is InChI=1S/C16H16Cl2N2O2S/c1-3-23-20-6-7-21-12-4-5-19-16(9-12)22-15-10-14(18)13(17)8-11(15)2/h3-5,8-10,20H,1,6-7H2,2H3. The van der Waals surface area contributed by atoms with Crippen LogP contribution in [-0.2, 0) is 0 Å². The molecule has 7 heteroatoms. The lowest BCUT2D eigenvalue weighted by atomic mass is 10.2. The van der Waals surface area contributed by atoms with Crippen LogP contribution in [-0.4, -0.2) is 18.1 Å². The highest BCUT2D eigenvalue weighted by Crippen LogP contribution is 2.33. The molecule has 1 aromatic heterocycles. The number of hydrogen-bond acceptors (Lipinski definition) is 5. The second-order valence-corrected chi connectivity index (χ2v) is 6.16. The van der Waals surface area contributed by atoms with Gasteiger partial charge < -0.3 is 9.47 Å². The SMILES string of the molecule is C=CSNCCOc1ccnc(Oc2cc(Cl)c(Cl)cc2C)c1. The van der Waals surface area contributed by atoms with Crippen LogP contribution in [0.3, 0.4) is 0 Å². The van der Waals surface area contributed by atoms with Gasteiger partial charge in [0.15, 0.2) is 0 Å². The lowest BCUT2D eigenvalue weighted by Gasteiger charge is -2.11. The van der Waals surface area contributed by atoms with Crippen molar-refractivity contribution >= 4 is 35.1 Å². The third-order valence-electron chi connectivity index (χ3n) is 2.78. The first-order valence-electron chi connectivity index (χ1n) is 6.82. The summed E-state index contributed by atoms with van der Waals surface area (Å²) in [5, 5.41) is 2.65. The molecule has 4 nitrogen and oxygen atoms in total. The van der Waals surface area contributed by atoms with Crippen LogP contribution in [0.15, 0.2) is 42.4 Å². The molecule has 0 radical (unpaired) electrons. The highest BCUT2D eigenvalue weighted by atomic mass is 35.5. The molecular weight excluding hydrogens is 355 g/mol. The van der Waals surface area contributed by atoms with E-state index >= 15 is 0 Å². The van der Waals surface area contributed by atoms with Crippen molar-refractivity contribution in [2.24, 2.45) is 0 Å². The molecule has 0 unspecified atom stereocenters. The molecule has 0 spiro atoms. The quantitative estimate of drug-likeness (QED) is 0.507. The minimum atomic E-state index is 0.428. The fraction of sp³-hybridized carbons (Fsp3) is 0.188. The van der Waals surface area contributed by atoms with Crippen molar-refractivity contribution < 1.29 is 9.47 Å². The van der Waals surface area contributed by atoms with Crippen LogP contribution < -0.4 is 14.2 Å². The van der Waals surface area contributed by atoms with E-state index in [9.17, 15) is 0 Å². The van der Waals surface area contributed by atoms with Crippen molar-refractivity contribution in [3.63, 3.8) is 0 Å². The van der Waals surface area contributed by atoms with Crippen molar-refractivity contribution in [2.45, 2.75) is 6.92 Å². The van der Waals surface area contributed by atoms with Crippen molar-refractivity contribution in [2.75, 3.05) is 13.2 Å². The molecule has 2 rings (SSSR count). The van der Waals surface area contributed by atoms with Gasteiger partial charge in [-0.1, -0.05) is 41.7 Å². The van der Waals surface area contributed by atoms with Crippen LogP contribution in [0.4, 0.5) is 0 Å². The maximum Gasteiger partial charge on any atom is 0.222 e. The van der Waals surface area contributed by atoms with Crippen molar-refractivity contribution in [3.05, 3.63) is 58.1 Å². The first-order chi connectivity index (χ1) is 11.1. The number of rotatable bonds is 8. The molecule has 2 aromatic rings. The number of halogens is 2. The van der Waals surface area contributed by atoms with Gasteiger partial charge in [0.1, 0.15) is 18.1 Å². The smallest absolute Gasteiger partial charge is 0.222 e. The predicted molar refractivity (Wildman–Crippen MR) is 96.8 cm³/mol. The Bertz CT molecular complexity index is 683. The number of nitrogens with one attached hydrogen (secondary N) is 1. The third kappa shape index (κ3) is 5.62. The van der Waals surface area contributed by atoms with E-state index in [0.29, 0.717) is 40.6 Å². The zero-order valence-electron chi connectivity index (χ0n) is 12.5. The van der Waals surface area contributed by atoms with Crippen molar-refractivity contribution in [3.8, 4) is 17.4 Å². The van der Waals surface area contributed by atoms with Crippen LogP contribution in [0, 0.1) is 6.92 Å². The molecule has 23 heavy (non-hydrogen) atoms. The lowest BCUT2D eigenvalue weighted by Crippen LogP contribution is -2.13. The predicted octanol–water partition coefficient (Wildman–Crippen LogP) is 5.25. The van der Waals surface area contributed by atoms with E-state index in [1.165, 1.54) is 11.9 Å². The van der Waals surface area contributed by atoms with E-state index in [-0.39, 0.29) is 0 Å². The largest absolute Gasteiger partial charge is 0.492 e. The number of aromatic nitrogens is 1. The molecule has 0 aliphatic carbocycles. The Kier molecular flexibility index (Phi) is 7.05. The molecule has 0 bridgehead atoms. The van der Waals surface area contributed by atoms with Gasteiger partial charge in [-0.2, -0.15) is 0 Å². The summed E-state index contributed by atoms with van der Waals surface area (Å²) < 4.78 is 14.5. The zero-order chi connectivity index (χ0) is 16.7. The number of ether oxygens (including phenoxy) is 2. The molecule has 1 heterocycles. The Morgan fingerprint density at radius 1 is 1.30 bits per heavy atom. The van der Waals surface area contributed by atoms with Crippen molar-refractivity contribution in [1.29, 1.82) is 0 Å². The molecule has 0 aliphatic rings. The molecular formula is C16H16Cl2N2O2S. The summed E-state index contributed by atoms with van der Waals surface area (Å²) in [6, 6.07) is 6.92. The number of aryl methyl sites for hydroxylation is 1. The summed E-state index contributed by atoms with van der Waals surface area (Å²) in [6.45, 7) is 6.71. The van der Waals surface area contributed by atoms with Gasteiger partial charge in [0.05, 0.1) is 10.0 Å². The van der Waals surface area contributed by atoms with Gasteiger partial charge in [0, 0.05) is 24.9 Å². The number of nitrogens with zero attached hydrogens (tertiary/aromatic N) is 1. The summed E-state index contributed by atoms with van der Waals surface area (Å²) in [6.07, 6.45) is 1.63. The summed E-state index contributed by atoms with van der Waals surface area (Å²) in [5.74, 6) is 1.71. The monoisotopic (exact) mass is 370 g/mol. The van der Waals surface area contributed by atoms with Crippen LogP contribution in [0.25, 0.3) is 0 Å². The van der Waals surface area contributed by atoms with Gasteiger partial charge in [-0.05, 0) is 30.0 Å². The minimum Gasteiger partial charge on any atom is -0.492 e. The Labute approximate surface area is 149 Å². The third-order valence-corrected chi connectivity index (χ3v) is 4.04. The second-order valence-electron chi connectivity index (χ2n) is 4.49. The van der Waals surface area contributed by atoms with Crippen LogP contribution in [0.2, 0.25) is 10.0 Å².